The van der Waals surface area contributed by atoms with Gasteiger partial charge in [-0.25, -0.2) is 0 Å². The zero-order valence-corrected chi connectivity index (χ0v) is 14.5. The van der Waals surface area contributed by atoms with Crippen molar-refractivity contribution in [3.05, 3.63) is 17.5 Å². The van der Waals surface area contributed by atoms with Crippen LogP contribution < -0.4 is 10.6 Å². The van der Waals surface area contributed by atoms with E-state index in [-0.39, 0.29) is 0 Å². The Kier molecular flexibility index (Phi) is 9.30. The molecule has 0 fully saturated rings. The van der Waals surface area contributed by atoms with Crippen molar-refractivity contribution >= 4 is 5.96 Å². The number of hydrogen-bond donors (Lipinski definition) is 2. The van der Waals surface area contributed by atoms with Crippen LogP contribution in [0.25, 0.3) is 0 Å². The minimum absolute atomic E-state index is 0.798. The Labute approximate surface area is 134 Å². The predicted octanol–water partition coefficient (Wildman–Crippen LogP) is 1.87. The number of guanidine groups is 1. The Morgan fingerprint density at radius 1 is 1.23 bits per heavy atom. The molecule has 0 atom stereocenters. The van der Waals surface area contributed by atoms with Gasteiger partial charge in [0, 0.05) is 45.6 Å². The molecule has 0 aliphatic heterocycles. The lowest BCUT2D eigenvalue weighted by Crippen LogP contribution is -2.38. The molecule has 0 aliphatic rings. The Hall–Kier alpha value is -1.56. The van der Waals surface area contributed by atoms with Gasteiger partial charge in [0.25, 0.3) is 0 Å². The summed E-state index contributed by atoms with van der Waals surface area (Å²) >= 11 is 0. The molecule has 0 unspecified atom stereocenters. The van der Waals surface area contributed by atoms with E-state index >= 15 is 0 Å². The van der Waals surface area contributed by atoms with Gasteiger partial charge >= 0.3 is 0 Å². The summed E-state index contributed by atoms with van der Waals surface area (Å²) < 4.78 is 7.37. The van der Waals surface area contributed by atoms with Crippen molar-refractivity contribution in [2.75, 3.05) is 33.4 Å². The van der Waals surface area contributed by atoms with E-state index in [9.17, 15) is 0 Å². The first kappa shape index (κ1) is 18.5. The van der Waals surface area contributed by atoms with Gasteiger partial charge in [-0.05, 0) is 46.1 Å². The lowest BCUT2D eigenvalue weighted by molar-refractivity contribution is 0.143. The van der Waals surface area contributed by atoms with Crippen LogP contribution in [0.4, 0.5) is 0 Å². The van der Waals surface area contributed by atoms with Gasteiger partial charge in [0.15, 0.2) is 5.96 Å². The average molecular weight is 309 g/mol. The third kappa shape index (κ3) is 7.45. The Bertz CT molecular complexity index is 442. The van der Waals surface area contributed by atoms with Crippen LogP contribution >= 0.6 is 0 Å². The summed E-state index contributed by atoms with van der Waals surface area (Å²) in [6.07, 6.45) is 3.19. The molecule has 22 heavy (non-hydrogen) atoms. The standard InChI is InChI=1S/C16H31N5O/c1-5-22-12-7-6-9-18-16(17-4)19-10-8-11-21-15(3)13-14(2)20-21/h13H,5-12H2,1-4H3,(H2,17,18,19). The van der Waals surface area contributed by atoms with E-state index in [0.29, 0.717) is 0 Å². The lowest BCUT2D eigenvalue weighted by atomic mass is 10.3. The molecule has 126 valence electrons. The van der Waals surface area contributed by atoms with Crippen molar-refractivity contribution < 1.29 is 4.74 Å². The number of ether oxygens (including phenoxy) is 1. The summed E-state index contributed by atoms with van der Waals surface area (Å²) in [4.78, 5) is 4.23. The van der Waals surface area contributed by atoms with E-state index in [1.54, 1.807) is 7.05 Å². The van der Waals surface area contributed by atoms with Crippen LogP contribution in [0.15, 0.2) is 11.1 Å². The molecule has 2 N–H and O–H groups in total. The molecule has 0 aliphatic carbocycles. The normalized spacial score (nSPS) is 11.7. The second-order valence-electron chi connectivity index (χ2n) is 5.33. The number of nitrogens with zero attached hydrogens (tertiary/aromatic N) is 3. The number of nitrogens with one attached hydrogen (secondary N) is 2. The second-order valence-corrected chi connectivity index (χ2v) is 5.33. The van der Waals surface area contributed by atoms with Crippen molar-refractivity contribution in [1.29, 1.82) is 0 Å². The maximum atomic E-state index is 5.32. The molecule has 0 saturated carbocycles. The molecule has 0 radical (unpaired) electrons. The SMILES string of the molecule is CCOCCCCNC(=NC)NCCCn1nc(C)cc1C. The zero-order valence-electron chi connectivity index (χ0n) is 14.5. The molecular formula is C16H31N5O. The molecule has 0 spiro atoms. The van der Waals surface area contributed by atoms with Crippen LogP contribution in [0.5, 0.6) is 0 Å². The van der Waals surface area contributed by atoms with E-state index in [0.717, 1.165) is 63.8 Å². The number of aryl methyl sites for hydroxylation is 3. The lowest BCUT2D eigenvalue weighted by Gasteiger charge is -2.12. The maximum Gasteiger partial charge on any atom is 0.190 e. The molecular weight excluding hydrogens is 278 g/mol. The third-order valence-electron chi connectivity index (χ3n) is 3.38. The fourth-order valence-corrected chi connectivity index (χ4v) is 2.24. The van der Waals surface area contributed by atoms with E-state index < -0.39 is 0 Å². The fourth-order valence-electron chi connectivity index (χ4n) is 2.24. The van der Waals surface area contributed by atoms with Gasteiger partial charge in [0.2, 0.25) is 0 Å². The summed E-state index contributed by atoms with van der Waals surface area (Å²) in [5.41, 5.74) is 2.30. The molecule has 0 aromatic carbocycles. The average Bonchev–Trinajstić information content (AvgIpc) is 2.82. The minimum atomic E-state index is 0.798. The Morgan fingerprint density at radius 3 is 2.55 bits per heavy atom. The van der Waals surface area contributed by atoms with Crippen molar-refractivity contribution in [1.82, 2.24) is 20.4 Å². The highest BCUT2D eigenvalue weighted by Gasteiger charge is 2.01. The van der Waals surface area contributed by atoms with Gasteiger partial charge in [-0.3, -0.25) is 9.67 Å². The van der Waals surface area contributed by atoms with Crippen LogP contribution in [0.3, 0.4) is 0 Å². The summed E-state index contributed by atoms with van der Waals surface area (Å²) in [5.74, 6) is 0.866. The van der Waals surface area contributed by atoms with Crippen LogP contribution in [0.1, 0.15) is 37.6 Å². The van der Waals surface area contributed by atoms with Crippen LogP contribution in [0.2, 0.25) is 0 Å². The highest BCUT2D eigenvalue weighted by molar-refractivity contribution is 5.79. The Morgan fingerprint density at radius 2 is 1.95 bits per heavy atom. The first-order chi connectivity index (χ1) is 10.7. The summed E-state index contributed by atoms with van der Waals surface area (Å²) in [6.45, 7) is 10.5. The number of hydrogen-bond acceptors (Lipinski definition) is 3. The molecule has 1 aromatic rings. The molecule has 0 saturated heterocycles. The highest BCUT2D eigenvalue weighted by Crippen LogP contribution is 2.02. The molecule has 0 bridgehead atoms. The van der Waals surface area contributed by atoms with E-state index in [4.69, 9.17) is 4.74 Å². The minimum Gasteiger partial charge on any atom is -0.382 e. The van der Waals surface area contributed by atoms with Gasteiger partial charge in [0.05, 0.1) is 5.69 Å². The van der Waals surface area contributed by atoms with Crippen molar-refractivity contribution in [2.45, 2.75) is 46.6 Å². The van der Waals surface area contributed by atoms with Gasteiger partial charge in [-0.1, -0.05) is 0 Å². The highest BCUT2D eigenvalue weighted by atomic mass is 16.5. The number of unbranched alkanes of at least 4 members (excludes halogenated alkanes) is 1. The van der Waals surface area contributed by atoms with E-state index in [2.05, 4.69) is 38.4 Å². The van der Waals surface area contributed by atoms with Gasteiger partial charge in [-0.15, -0.1) is 0 Å². The van der Waals surface area contributed by atoms with Crippen LogP contribution in [-0.4, -0.2) is 49.1 Å². The topological polar surface area (TPSA) is 63.5 Å². The van der Waals surface area contributed by atoms with E-state index in [1.165, 1.54) is 5.69 Å². The molecule has 6 heteroatoms. The predicted molar refractivity (Wildman–Crippen MR) is 91.4 cm³/mol. The van der Waals surface area contributed by atoms with Crippen LogP contribution in [-0.2, 0) is 11.3 Å². The summed E-state index contributed by atoms with van der Waals surface area (Å²) in [6, 6.07) is 2.11. The fraction of sp³-hybridized carbons (Fsp3) is 0.750. The van der Waals surface area contributed by atoms with Crippen molar-refractivity contribution in [3.63, 3.8) is 0 Å². The molecule has 6 nitrogen and oxygen atoms in total. The van der Waals surface area contributed by atoms with Crippen molar-refractivity contribution in [2.24, 2.45) is 4.99 Å². The van der Waals surface area contributed by atoms with Gasteiger partial charge < -0.3 is 15.4 Å². The molecule has 1 heterocycles. The first-order valence-corrected chi connectivity index (χ1v) is 8.20. The van der Waals surface area contributed by atoms with Gasteiger partial charge in [-0.2, -0.15) is 5.10 Å². The monoisotopic (exact) mass is 309 g/mol. The van der Waals surface area contributed by atoms with E-state index in [1.807, 2.05) is 13.8 Å². The zero-order chi connectivity index (χ0) is 16.2. The van der Waals surface area contributed by atoms with Crippen molar-refractivity contribution in [3.8, 4) is 0 Å². The Balaban J connectivity index is 2.10. The van der Waals surface area contributed by atoms with Crippen LogP contribution in [0, 0.1) is 13.8 Å². The number of aromatic nitrogens is 2. The third-order valence-corrected chi connectivity index (χ3v) is 3.38. The molecule has 0 amide bonds. The number of rotatable bonds is 10. The number of aliphatic imine (C=N–C) groups is 1. The first-order valence-electron chi connectivity index (χ1n) is 8.20. The molecule has 1 aromatic heterocycles. The second kappa shape index (κ2) is 11.1. The summed E-state index contributed by atoms with van der Waals surface area (Å²) in [7, 11) is 1.80. The molecule has 1 rings (SSSR count). The maximum absolute atomic E-state index is 5.32. The van der Waals surface area contributed by atoms with Gasteiger partial charge in [0.1, 0.15) is 0 Å². The quantitative estimate of drug-likeness (QED) is 0.393. The summed E-state index contributed by atoms with van der Waals surface area (Å²) in [5, 5.41) is 11.1. The largest absolute Gasteiger partial charge is 0.382 e. The smallest absolute Gasteiger partial charge is 0.190 e.